The molecule has 3 nitrogen and oxygen atoms in total. The largest absolute Gasteiger partial charge is 0.309 e. The lowest BCUT2D eigenvalue weighted by atomic mass is 10.1. The van der Waals surface area contributed by atoms with Crippen LogP contribution in [-0.2, 0) is 6.54 Å². The molecule has 0 radical (unpaired) electrons. The van der Waals surface area contributed by atoms with E-state index in [2.05, 4.69) is 14.9 Å². The van der Waals surface area contributed by atoms with E-state index >= 15 is 0 Å². The van der Waals surface area contributed by atoms with Gasteiger partial charge in [0.25, 0.3) is 0 Å². The highest BCUT2D eigenvalue weighted by atomic mass is 35.5. The highest BCUT2D eigenvalue weighted by molar-refractivity contribution is 7.05. The first-order valence-corrected chi connectivity index (χ1v) is 6.89. The van der Waals surface area contributed by atoms with Crippen LogP contribution in [0, 0.1) is 5.82 Å². The molecule has 0 bridgehead atoms. The fraction of sp³-hybridized carbons (Fsp3) is 0.333. The van der Waals surface area contributed by atoms with Crippen LogP contribution in [0.2, 0.25) is 5.02 Å². The third kappa shape index (κ3) is 2.53. The highest BCUT2D eigenvalue weighted by Gasteiger charge is 2.21. The number of nitrogens with zero attached hydrogens (tertiary/aromatic N) is 2. The van der Waals surface area contributed by atoms with Crippen molar-refractivity contribution in [3.63, 3.8) is 0 Å². The first kappa shape index (κ1) is 12.0. The maximum atomic E-state index is 13.1. The number of benzene rings is 1. The Hall–Kier alpha value is -1.04. The third-order valence-corrected chi connectivity index (χ3v) is 3.89. The van der Waals surface area contributed by atoms with Gasteiger partial charge in [-0.15, -0.1) is 5.10 Å². The Bertz CT molecular complexity index is 568. The molecule has 0 saturated heterocycles. The number of hydrogen-bond acceptors (Lipinski definition) is 4. The van der Waals surface area contributed by atoms with E-state index in [1.54, 1.807) is 12.1 Å². The van der Waals surface area contributed by atoms with Crippen LogP contribution >= 0.6 is 23.1 Å². The van der Waals surface area contributed by atoms with Crippen molar-refractivity contribution in [1.82, 2.24) is 14.9 Å². The Labute approximate surface area is 113 Å². The van der Waals surface area contributed by atoms with Crippen LogP contribution in [0.4, 0.5) is 4.39 Å². The predicted molar refractivity (Wildman–Crippen MR) is 70.2 cm³/mol. The van der Waals surface area contributed by atoms with E-state index < -0.39 is 5.82 Å². The number of nitrogens with one attached hydrogen (secondary N) is 1. The molecule has 0 amide bonds. The molecule has 2 aromatic rings. The molecule has 0 spiro atoms. The molecule has 1 fully saturated rings. The molecule has 1 heterocycles. The van der Waals surface area contributed by atoms with Gasteiger partial charge in [-0.05, 0) is 42.6 Å². The average Bonchev–Trinajstić information content (AvgIpc) is 3.08. The molecule has 0 aliphatic heterocycles. The van der Waals surface area contributed by atoms with Gasteiger partial charge in [0.05, 0.1) is 9.90 Å². The zero-order chi connectivity index (χ0) is 12.5. The second-order valence-electron chi connectivity index (χ2n) is 4.33. The molecule has 1 aliphatic rings. The van der Waals surface area contributed by atoms with Gasteiger partial charge in [-0.1, -0.05) is 16.1 Å². The molecule has 1 N–H and O–H groups in total. The van der Waals surface area contributed by atoms with Crippen LogP contribution in [0.3, 0.4) is 0 Å². The monoisotopic (exact) mass is 283 g/mol. The van der Waals surface area contributed by atoms with Crippen LogP contribution in [0.1, 0.15) is 17.7 Å². The number of rotatable bonds is 4. The second-order valence-corrected chi connectivity index (χ2v) is 5.57. The lowest BCUT2D eigenvalue weighted by molar-refractivity contribution is 0.628. The molecule has 1 saturated carbocycles. The Kier molecular flexibility index (Phi) is 3.28. The van der Waals surface area contributed by atoms with E-state index in [1.807, 2.05) is 0 Å². The first-order valence-electron chi connectivity index (χ1n) is 5.74. The van der Waals surface area contributed by atoms with Gasteiger partial charge >= 0.3 is 0 Å². The van der Waals surface area contributed by atoms with Crippen molar-refractivity contribution in [1.29, 1.82) is 0 Å². The van der Waals surface area contributed by atoms with Gasteiger partial charge in [0.1, 0.15) is 11.5 Å². The maximum absolute atomic E-state index is 13.1. The Balaban J connectivity index is 1.85. The van der Waals surface area contributed by atoms with Crippen LogP contribution in [0.5, 0.6) is 0 Å². The molecule has 3 rings (SSSR count). The molecule has 6 heteroatoms. The minimum atomic E-state index is -0.415. The standard InChI is InChI=1S/C12H11ClFN3S/c13-9-5-7(1-4-10(9)14)12-11(18-17-16-12)6-15-8-2-3-8/h1,4-5,8,15H,2-3,6H2. The minimum absolute atomic E-state index is 0.113. The average molecular weight is 284 g/mol. The molecular formula is C12H11ClFN3S. The summed E-state index contributed by atoms with van der Waals surface area (Å²) in [5.41, 5.74) is 1.60. The normalized spacial score (nSPS) is 15.0. The van der Waals surface area contributed by atoms with E-state index in [-0.39, 0.29) is 5.02 Å². The summed E-state index contributed by atoms with van der Waals surface area (Å²) in [4.78, 5) is 1.06. The highest BCUT2D eigenvalue weighted by Crippen LogP contribution is 2.28. The van der Waals surface area contributed by atoms with Crippen molar-refractivity contribution in [2.24, 2.45) is 0 Å². The smallest absolute Gasteiger partial charge is 0.141 e. The van der Waals surface area contributed by atoms with Crippen molar-refractivity contribution >= 4 is 23.1 Å². The van der Waals surface area contributed by atoms with E-state index in [4.69, 9.17) is 11.6 Å². The fourth-order valence-corrected chi connectivity index (χ4v) is 2.51. The summed E-state index contributed by atoms with van der Waals surface area (Å²) in [5, 5.41) is 7.63. The van der Waals surface area contributed by atoms with Gasteiger partial charge in [-0.25, -0.2) is 4.39 Å². The topological polar surface area (TPSA) is 37.8 Å². The van der Waals surface area contributed by atoms with Crippen molar-refractivity contribution in [3.8, 4) is 11.3 Å². The Morgan fingerprint density at radius 3 is 3.00 bits per heavy atom. The van der Waals surface area contributed by atoms with E-state index in [9.17, 15) is 4.39 Å². The Morgan fingerprint density at radius 1 is 1.44 bits per heavy atom. The predicted octanol–water partition coefficient (Wildman–Crippen LogP) is 3.25. The summed E-state index contributed by atoms with van der Waals surface area (Å²) in [7, 11) is 0. The SMILES string of the molecule is Fc1ccc(-c2nnsc2CNC2CC2)cc1Cl. The summed E-state index contributed by atoms with van der Waals surface area (Å²) < 4.78 is 17.1. The summed E-state index contributed by atoms with van der Waals surface area (Å²) in [6.45, 7) is 0.757. The van der Waals surface area contributed by atoms with Crippen molar-refractivity contribution in [2.75, 3.05) is 0 Å². The molecule has 1 aliphatic carbocycles. The van der Waals surface area contributed by atoms with E-state index in [1.165, 1.54) is 30.4 Å². The van der Waals surface area contributed by atoms with E-state index in [0.29, 0.717) is 6.04 Å². The van der Waals surface area contributed by atoms with Crippen LogP contribution < -0.4 is 5.32 Å². The molecule has 1 aromatic heterocycles. The second kappa shape index (κ2) is 4.91. The Morgan fingerprint density at radius 2 is 2.28 bits per heavy atom. The number of halogens is 2. The maximum Gasteiger partial charge on any atom is 0.141 e. The van der Waals surface area contributed by atoms with Gasteiger partial charge in [-0.2, -0.15) is 0 Å². The van der Waals surface area contributed by atoms with Crippen LogP contribution in [0.15, 0.2) is 18.2 Å². The summed E-state index contributed by atoms with van der Waals surface area (Å²) >= 11 is 7.15. The molecule has 0 unspecified atom stereocenters. The van der Waals surface area contributed by atoms with Gasteiger partial charge in [-0.3, -0.25) is 0 Å². The van der Waals surface area contributed by atoms with E-state index in [0.717, 1.165) is 22.7 Å². The van der Waals surface area contributed by atoms with Crippen molar-refractivity contribution < 1.29 is 4.39 Å². The first-order chi connectivity index (χ1) is 8.74. The van der Waals surface area contributed by atoms with Gasteiger partial charge in [0, 0.05) is 18.2 Å². The molecule has 1 aromatic carbocycles. The molecule has 94 valence electrons. The minimum Gasteiger partial charge on any atom is -0.309 e. The van der Waals surface area contributed by atoms with Crippen molar-refractivity contribution in [2.45, 2.75) is 25.4 Å². The molecular weight excluding hydrogens is 273 g/mol. The summed E-state index contributed by atoms with van der Waals surface area (Å²) in [5.74, 6) is -0.415. The number of hydrogen-bond donors (Lipinski definition) is 1. The fourth-order valence-electron chi connectivity index (χ4n) is 1.71. The van der Waals surface area contributed by atoms with Crippen LogP contribution in [0.25, 0.3) is 11.3 Å². The molecule has 18 heavy (non-hydrogen) atoms. The van der Waals surface area contributed by atoms with Gasteiger partial charge in [0.2, 0.25) is 0 Å². The zero-order valence-corrected chi connectivity index (χ0v) is 11.1. The van der Waals surface area contributed by atoms with Crippen LogP contribution in [-0.4, -0.2) is 15.6 Å². The van der Waals surface area contributed by atoms with Gasteiger partial charge < -0.3 is 5.32 Å². The zero-order valence-electron chi connectivity index (χ0n) is 9.49. The van der Waals surface area contributed by atoms with Crippen molar-refractivity contribution in [3.05, 3.63) is 33.9 Å². The number of aromatic nitrogens is 2. The quantitative estimate of drug-likeness (QED) is 0.936. The lowest BCUT2D eigenvalue weighted by Crippen LogP contribution is -2.14. The summed E-state index contributed by atoms with van der Waals surface area (Å²) in [6, 6.07) is 5.26. The molecule has 0 atom stereocenters. The van der Waals surface area contributed by atoms with Gasteiger partial charge in [0.15, 0.2) is 0 Å². The lowest BCUT2D eigenvalue weighted by Gasteiger charge is -2.03. The summed E-state index contributed by atoms with van der Waals surface area (Å²) in [6.07, 6.45) is 2.48. The third-order valence-electron chi connectivity index (χ3n) is 2.88.